The van der Waals surface area contributed by atoms with E-state index < -0.39 is 16.7 Å². The lowest BCUT2D eigenvalue weighted by molar-refractivity contribution is -0.384. The maximum Gasteiger partial charge on any atom is 0.270 e. The van der Waals surface area contributed by atoms with Crippen LogP contribution in [0.15, 0.2) is 58.0 Å². The highest BCUT2D eigenvalue weighted by Gasteiger charge is 2.17. The van der Waals surface area contributed by atoms with Crippen molar-refractivity contribution in [2.24, 2.45) is 5.10 Å². The number of nitro benzene ring substituents is 1. The normalized spacial score (nSPS) is 10.6. The number of nitrogens with zero attached hydrogens (tertiary/aromatic N) is 2. The standard InChI is InChI=1S/C23H22N4O8/c1-32-19-10-15(11-20(33-2)22(19)34-3)23(29)24-13-21(28)26-25-12-17-7-8-18(35-17)14-5-4-6-16(9-14)27(30)31/h4-12H,13H2,1-3H3,(H,24,29)(H,26,28)/b25-12+. The molecule has 2 aromatic carbocycles. The molecule has 35 heavy (non-hydrogen) atoms. The number of nitrogens with one attached hydrogen (secondary N) is 2. The fourth-order valence-electron chi connectivity index (χ4n) is 3.03. The van der Waals surface area contributed by atoms with E-state index in [4.69, 9.17) is 18.6 Å². The number of carbonyl (C=O) groups excluding carboxylic acids is 2. The van der Waals surface area contributed by atoms with Gasteiger partial charge in [0.15, 0.2) is 11.5 Å². The first kappa shape index (κ1) is 24.8. The van der Waals surface area contributed by atoms with Gasteiger partial charge in [-0.1, -0.05) is 12.1 Å². The quantitative estimate of drug-likeness (QED) is 0.254. The number of ether oxygens (including phenoxy) is 3. The maximum atomic E-state index is 12.4. The van der Waals surface area contributed by atoms with Gasteiger partial charge in [-0.25, -0.2) is 5.43 Å². The molecule has 1 aromatic heterocycles. The summed E-state index contributed by atoms with van der Waals surface area (Å²) >= 11 is 0. The van der Waals surface area contributed by atoms with Gasteiger partial charge in [-0.2, -0.15) is 5.10 Å². The van der Waals surface area contributed by atoms with Gasteiger partial charge in [0, 0.05) is 23.3 Å². The van der Waals surface area contributed by atoms with Crippen LogP contribution in [0, 0.1) is 10.1 Å². The van der Waals surface area contributed by atoms with Crippen LogP contribution in [-0.2, 0) is 4.79 Å². The number of furan rings is 1. The van der Waals surface area contributed by atoms with Gasteiger partial charge in [-0.3, -0.25) is 19.7 Å². The summed E-state index contributed by atoms with van der Waals surface area (Å²) in [6.07, 6.45) is 1.26. The molecule has 12 heteroatoms. The lowest BCUT2D eigenvalue weighted by Crippen LogP contribution is -2.34. The number of benzene rings is 2. The van der Waals surface area contributed by atoms with Crippen molar-refractivity contribution in [3.8, 4) is 28.6 Å². The van der Waals surface area contributed by atoms with E-state index in [-0.39, 0.29) is 17.8 Å². The molecule has 0 aliphatic carbocycles. The van der Waals surface area contributed by atoms with Crippen LogP contribution in [0.3, 0.4) is 0 Å². The van der Waals surface area contributed by atoms with E-state index in [0.29, 0.717) is 34.3 Å². The fraction of sp³-hybridized carbons (Fsp3) is 0.174. The Morgan fingerprint density at radius 3 is 2.40 bits per heavy atom. The Labute approximate surface area is 199 Å². The van der Waals surface area contributed by atoms with Crippen LogP contribution in [0.1, 0.15) is 16.1 Å². The van der Waals surface area contributed by atoms with Crippen LogP contribution in [0.2, 0.25) is 0 Å². The summed E-state index contributed by atoms with van der Waals surface area (Å²) in [5.41, 5.74) is 2.95. The predicted molar refractivity (Wildman–Crippen MR) is 125 cm³/mol. The first-order valence-electron chi connectivity index (χ1n) is 10.1. The highest BCUT2D eigenvalue weighted by atomic mass is 16.6. The molecular weight excluding hydrogens is 460 g/mol. The summed E-state index contributed by atoms with van der Waals surface area (Å²) in [6.45, 7) is -0.343. The third kappa shape index (κ3) is 6.13. The summed E-state index contributed by atoms with van der Waals surface area (Å²) in [7, 11) is 4.30. The van der Waals surface area contributed by atoms with E-state index >= 15 is 0 Å². The van der Waals surface area contributed by atoms with Gasteiger partial charge in [0.25, 0.3) is 17.5 Å². The number of rotatable bonds is 10. The van der Waals surface area contributed by atoms with Crippen LogP contribution >= 0.6 is 0 Å². The number of methoxy groups -OCH3 is 3. The smallest absolute Gasteiger partial charge is 0.270 e. The zero-order chi connectivity index (χ0) is 25.4. The fourth-order valence-corrected chi connectivity index (χ4v) is 3.03. The van der Waals surface area contributed by atoms with E-state index in [1.54, 1.807) is 24.3 Å². The summed E-state index contributed by atoms with van der Waals surface area (Å²) in [5.74, 6) is 0.545. The van der Waals surface area contributed by atoms with E-state index in [9.17, 15) is 19.7 Å². The summed E-state index contributed by atoms with van der Waals surface area (Å²) in [4.78, 5) is 34.9. The molecule has 0 saturated carbocycles. The number of hydrogen-bond acceptors (Lipinski definition) is 9. The average molecular weight is 482 g/mol. The summed E-state index contributed by atoms with van der Waals surface area (Å²) < 4.78 is 21.2. The van der Waals surface area contributed by atoms with Crippen molar-refractivity contribution in [2.75, 3.05) is 27.9 Å². The molecule has 0 spiro atoms. The second kappa shape index (κ2) is 11.3. The Morgan fingerprint density at radius 1 is 1.06 bits per heavy atom. The minimum absolute atomic E-state index is 0.0602. The number of hydrogen-bond donors (Lipinski definition) is 2. The van der Waals surface area contributed by atoms with Crippen molar-refractivity contribution in [3.63, 3.8) is 0 Å². The Morgan fingerprint density at radius 2 is 1.77 bits per heavy atom. The number of non-ortho nitro benzene ring substituents is 1. The molecule has 3 rings (SSSR count). The molecule has 3 aromatic rings. The van der Waals surface area contributed by atoms with E-state index in [2.05, 4.69) is 15.8 Å². The molecule has 0 unspecified atom stereocenters. The molecule has 0 bridgehead atoms. The highest BCUT2D eigenvalue weighted by Crippen LogP contribution is 2.38. The topological polar surface area (TPSA) is 155 Å². The molecule has 1 heterocycles. The van der Waals surface area contributed by atoms with Crippen molar-refractivity contribution in [1.29, 1.82) is 0 Å². The van der Waals surface area contributed by atoms with Crippen LogP contribution in [0.5, 0.6) is 17.2 Å². The van der Waals surface area contributed by atoms with E-state index in [0.717, 1.165) is 0 Å². The van der Waals surface area contributed by atoms with Gasteiger partial charge < -0.3 is 23.9 Å². The lowest BCUT2D eigenvalue weighted by Gasteiger charge is -2.14. The van der Waals surface area contributed by atoms with Gasteiger partial charge in [0.2, 0.25) is 5.75 Å². The molecule has 0 radical (unpaired) electrons. The number of amides is 2. The third-order valence-electron chi connectivity index (χ3n) is 4.69. The van der Waals surface area contributed by atoms with Gasteiger partial charge in [0.05, 0.1) is 39.0 Å². The minimum atomic E-state index is -0.576. The highest BCUT2D eigenvalue weighted by molar-refractivity contribution is 5.97. The summed E-state index contributed by atoms with van der Waals surface area (Å²) in [5, 5.41) is 17.2. The van der Waals surface area contributed by atoms with Crippen LogP contribution < -0.4 is 25.0 Å². The molecule has 0 aliphatic heterocycles. The van der Waals surface area contributed by atoms with Crippen molar-refractivity contribution in [3.05, 3.63) is 70.0 Å². The Hall–Kier alpha value is -4.87. The van der Waals surface area contributed by atoms with Crippen molar-refractivity contribution < 1.29 is 33.1 Å². The van der Waals surface area contributed by atoms with Gasteiger partial charge >= 0.3 is 0 Å². The van der Waals surface area contributed by atoms with Gasteiger partial charge in [-0.15, -0.1) is 0 Å². The first-order valence-corrected chi connectivity index (χ1v) is 10.1. The molecule has 182 valence electrons. The number of nitro groups is 1. The van der Waals surface area contributed by atoms with Crippen molar-refractivity contribution in [1.82, 2.24) is 10.7 Å². The van der Waals surface area contributed by atoms with Crippen molar-refractivity contribution >= 4 is 23.7 Å². The molecule has 0 saturated heterocycles. The Balaban J connectivity index is 1.56. The predicted octanol–water partition coefficient (Wildman–Crippen LogP) is 2.76. The zero-order valence-electron chi connectivity index (χ0n) is 19.1. The first-order chi connectivity index (χ1) is 16.9. The second-order valence-corrected chi connectivity index (χ2v) is 6.90. The minimum Gasteiger partial charge on any atom is -0.493 e. The van der Waals surface area contributed by atoms with Crippen molar-refractivity contribution in [2.45, 2.75) is 0 Å². The molecule has 2 amide bonds. The van der Waals surface area contributed by atoms with Gasteiger partial charge in [-0.05, 0) is 24.3 Å². The van der Waals surface area contributed by atoms with E-state index in [1.807, 2.05) is 0 Å². The second-order valence-electron chi connectivity index (χ2n) is 6.90. The molecular formula is C23H22N4O8. The average Bonchev–Trinajstić information content (AvgIpc) is 3.35. The van der Waals surface area contributed by atoms with Gasteiger partial charge in [0.1, 0.15) is 11.5 Å². The zero-order valence-corrected chi connectivity index (χ0v) is 19.1. The molecule has 0 fully saturated rings. The van der Waals surface area contributed by atoms with Crippen LogP contribution in [0.4, 0.5) is 5.69 Å². The summed E-state index contributed by atoms with van der Waals surface area (Å²) in [6, 6.07) is 12.1. The Kier molecular flexibility index (Phi) is 8.01. The van der Waals surface area contributed by atoms with Crippen LogP contribution in [0.25, 0.3) is 11.3 Å². The number of hydrazone groups is 1. The molecule has 12 nitrogen and oxygen atoms in total. The largest absolute Gasteiger partial charge is 0.493 e. The lowest BCUT2D eigenvalue weighted by atomic mass is 10.1. The van der Waals surface area contributed by atoms with E-state index in [1.165, 1.54) is 51.8 Å². The third-order valence-corrected chi connectivity index (χ3v) is 4.69. The SMILES string of the molecule is COc1cc(C(=O)NCC(=O)N/N=C/c2ccc(-c3cccc([N+](=O)[O-])c3)o2)cc(OC)c1OC. The molecule has 2 N–H and O–H groups in total. The number of carbonyl (C=O) groups is 2. The molecule has 0 atom stereocenters. The Bertz CT molecular complexity index is 1240. The van der Waals surface area contributed by atoms with Crippen LogP contribution in [-0.4, -0.2) is 50.8 Å². The maximum absolute atomic E-state index is 12.4. The molecule has 0 aliphatic rings. The monoisotopic (exact) mass is 482 g/mol.